The van der Waals surface area contributed by atoms with Gasteiger partial charge >= 0.3 is 0 Å². The smallest absolute Gasteiger partial charge is 0.239 e. The summed E-state index contributed by atoms with van der Waals surface area (Å²) in [6.07, 6.45) is 2.54. The third kappa shape index (κ3) is 6.14. The Balaban J connectivity index is 0.00000220. The van der Waals surface area contributed by atoms with Gasteiger partial charge in [0.1, 0.15) is 0 Å². The summed E-state index contributed by atoms with van der Waals surface area (Å²) < 4.78 is 0. The highest BCUT2D eigenvalue weighted by molar-refractivity contribution is 5.86. The first-order valence-corrected chi connectivity index (χ1v) is 6.99. The van der Waals surface area contributed by atoms with Crippen LogP contribution in [0, 0.1) is 5.92 Å². The highest BCUT2D eigenvalue weighted by atomic mass is 35.5. The van der Waals surface area contributed by atoms with Gasteiger partial charge in [0.2, 0.25) is 11.8 Å². The van der Waals surface area contributed by atoms with Gasteiger partial charge in [0.05, 0.1) is 13.0 Å². The maximum atomic E-state index is 11.7. The lowest BCUT2D eigenvalue weighted by Gasteiger charge is -2.16. The summed E-state index contributed by atoms with van der Waals surface area (Å²) in [5, 5.41) is 5.50. The number of benzene rings is 1. The molecule has 1 fully saturated rings. The van der Waals surface area contributed by atoms with Crippen molar-refractivity contribution in [1.82, 2.24) is 10.6 Å². The molecule has 0 saturated heterocycles. The maximum absolute atomic E-state index is 11.7. The van der Waals surface area contributed by atoms with E-state index in [4.69, 9.17) is 5.73 Å². The standard InChI is InChI=1S/C15H21N3O2.ClH/c16-9-13(12-6-7-12)18-15(20)10-17-14(19)8-11-4-2-1-3-5-11;/h1-5,12-13H,6-10,16H2,(H,17,19)(H,18,20);1H. The van der Waals surface area contributed by atoms with E-state index in [1.807, 2.05) is 30.3 Å². The van der Waals surface area contributed by atoms with Crippen molar-refractivity contribution in [2.24, 2.45) is 11.7 Å². The third-order valence-electron chi connectivity index (χ3n) is 3.44. The van der Waals surface area contributed by atoms with Crippen molar-refractivity contribution in [2.45, 2.75) is 25.3 Å². The number of hydrogen-bond donors (Lipinski definition) is 3. The van der Waals surface area contributed by atoms with Gasteiger partial charge in [-0.2, -0.15) is 0 Å². The predicted octanol–water partition coefficient (Wildman–Crippen LogP) is 0.621. The molecular weight excluding hydrogens is 290 g/mol. The maximum Gasteiger partial charge on any atom is 0.239 e. The molecule has 4 N–H and O–H groups in total. The molecule has 0 aromatic heterocycles. The molecule has 6 heteroatoms. The summed E-state index contributed by atoms with van der Waals surface area (Å²) in [6.45, 7) is 0.462. The minimum absolute atomic E-state index is 0. The zero-order valence-electron chi connectivity index (χ0n) is 11.9. The lowest BCUT2D eigenvalue weighted by molar-refractivity contribution is -0.126. The first-order valence-electron chi connectivity index (χ1n) is 6.99. The molecule has 5 nitrogen and oxygen atoms in total. The molecule has 1 saturated carbocycles. The largest absolute Gasteiger partial charge is 0.350 e. The van der Waals surface area contributed by atoms with Crippen LogP contribution in [0.2, 0.25) is 0 Å². The SMILES string of the molecule is Cl.NCC(NC(=O)CNC(=O)Cc1ccccc1)C1CC1. The summed E-state index contributed by atoms with van der Waals surface area (Å²) in [5.41, 5.74) is 6.55. The fourth-order valence-electron chi connectivity index (χ4n) is 2.15. The lowest BCUT2D eigenvalue weighted by atomic mass is 10.1. The molecule has 1 unspecified atom stereocenters. The zero-order chi connectivity index (χ0) is 14.4. The predicted molar refractivity (Wildman–Crippen MR) is 84.1 cm³/mol. The van der Waals surface area contributed by atoms with Crippen molar-refractivity contribution in [3.8, 4) is 0 Å². The first-order chi connectivity index (χ1) is 9.69. The van der Waals surface area contributed by atoms with Crippen LogP contribution in [0.3, 0.4) is 0 Å². The van der Waals surface area contributed by atoms with E-state index in [-0.39, 0.29) is 43.2 Å². The van der Waals surface area contributed by atoms with Gasteiger partial charge in [0, 0.05) is 12.6 Å². The molecule has 1 aromatic carbocycles. The second-order valence-electron chi connectivity index (χ2n) is 5.19. The van der Waals surface area contributed by atoms with Crippen molar-refractivity contribution >= 4 is 24.2 Å². The van der Waals surface area contributed by atoms with Crippen molar-refractivity contribution in [2.75, 3.05) is 13.1 Å². The van der Waals surface area contributed by atoms with E-state index in [9.17, 15) is 9.59 Å². The van der Waals surface area contributed by atoms with Crippen LogP contribution in [0.25, 0.3) is 0 Å². The molecule has 21 heavy (non-hydrogen) atoms. The van der Waals surface area contributed by atoms with E-state index >= 15 is 0 Å². The molecule has 0 aliphatic heterocycles. The summed E-state index contributed by atoms with van der Waals surface area (Å²) in [5.74, 6) is 0.194. The van der Waals surface area contributed by atoms with Crippen LogP contribution in [0.5, 0.6) is 0 Å². The van der Waals surface area contributed by atoms with Gasteiger partial charge in [0.15, 0.2) is 0 Å². The topological polar surface area (TPSA) is 84.2 Å². The van der Waals surface area contributed by atoms with Crippen molar-refractivity contribution in [1.29, 1.82) is 0 Å². The van der Waals surface area contributed by atoms with Crippen LogP contribution in [-0.4, -0.2) is 30.9 Å². The van der Waals surface area contributed by atoms with Crippen molar-refractivity contribution < 1.29 is 9.59 Å². The van der Waals surface area contributed by atoms with Crippen LogP contribution in [0.4, 0.5) is 0 Å². The van der Waals surface area contributed by atoms with Gasteiger partial charge < -0.3 is 16.4 Å². The summed E-state index contributed by atoms with van der Waals surface area (Å²) in [4.78, 5) is 23.4. The monoisotopic (exact) mass is 311 g/mol. The molecule has 0 bridgehead atoms. The van der Waals surface area contributed by atoms with Gasteiger partial charge in [-0.05, 0) is 24.3 Å². The fraction of sp³-hybridized carbons (Fsp3) is 0.467. The number of halogens is 1. The van der Waals surface area contributed by atoms with Crippen LogP contribution >= 0.6 is 12.4 Å². The zero-order valence-corrected chi connectivity index (χ0v) is 12.7. The Hall–Kier alpha value is -1.59. The van der Waals surface area contributed by atoms with Crippen LogP contribution in [-0.2, 0) is 16.0 Å². The number of nitrogens with two attached hydrogens (primary N) is 1. The molecule has 2 amide bonds. The van der Waals surface area contributed by atoms with Crippen LogP contribution < -0.4 is 16.4 Å². The minimum Gasteiger partial charge on any atom is -0.350 e. The number of nitrogens with one attached hydrogen (secondary N) is 2. The third-order valence-corrected chi connectivity index (χ3v) is 3.44. The Morgan fingerprint density at radius 1 is 1.19 bits per heavy atom. The van der Waals surface area contributed by atoms with E-state index < -0.39 is 0 Å². The summed E-state index contributed by atoms with van der Waals surface area (Å²) in [7, 11) is 0. The Labute approximate surface area is 131 Å². The number of hydrogen-bond acceptors (Lipinski definition) is 3. The molecule has 0 heterocycles. The number of amides is 2. The van der Waals surface area contributed by atoms with E-state index in [1.54, 1.807) is 0 Å². The second-order valence-corrected chi connectivity index (χ2v) is 5.19. The van der Waals surface area contributed by atoms with Gasteiger partial charge in [-0.15, -0.1) is 12.4 Å². The normalized spacial score (nSPS) is 14.7. The van der Waals surface area contributed by atoms with E-state index in [0.29, 0.717) is 12.5 Å². The van der Waals surface area contributed by atoms with Gasteiger partial charge in [-0.3, -0.25) is 9.59 Å². The molecule has 1 aromatic rings. The van der Waals surface area contributed by atoms with Crippen LogP contribution in [0.15, 0.2) is 30.3 Å². The lowest BCUT2D eigenvalue weighted by Crippen LogP contribution is -2.46. The Morgan fingerprint density at radius 3 is 2.43 bits per heavy atom. The molecular formula is C15H22ClN3O2. The van der Waals surface area contributed by atoms with E-state index in [0.717, 1.165) is 18.4 Å². The van der Waals surface area contributed by atoms with E-state index in [1.165, 1.54) is 0 Å². The molecule has 116 valence electrons. The number of rotatable bonds is 7. The highest BCUT2D eigenvalue weighted by Gasteiger charge is 2.31. The fourth-order valence-corrected chi connectivity index (χ4v) is 2.15. The molecule has 1 aliphatic rings. The second kappa shape index (κ2) is 8.64. The summed E-state index contributed by atoms with van der Waals surface area (Å²) in [6, 6.07) is 9.50. The molecule has 0 spiro atoms. The molecule has 1 aliphatic carbocycles. The van der Waals surface area contributed by atoms with Gasteiger partial charge in [-0.1, -0.05) is 30.3 Å². The molecule has 2 rings (SSSR count). The summed E-state index contributed by atoms with van der Waals surface area (Å²) >= 11 is 0. The molecule has 1 atom stereocenters. The van der Waals surface area contributed by atoms with Gasteiger partial charge in [0.25, 0.3) is 0 Å². The minimum atomic E-state index is -0.172. The average Bonchev–Trinajstić information content (AvgIpc) is 3.28. The van der Waals surface area contributed by atoms with Crippen molar-refractivity contribution in [3.63, 3.8) is 0 Å². The average molecular weight is 312 g/mol. The highest BCUT2D eigenvalue weighted by Crippen LogP contribution is 2.32. The quantitative estimate of drug-likeness (QED) is 0.690. The Bertz CT molecular complexity index is 463. The van der Waals surface area contributed by atoms with Crippen molar-refractivity contribution in [3.05, 3.63) is 35.9 Å². The Morgan fingerprint density at radius 2 is 1.86 bits per heavy atom. The number of carbonyl (C=O) groups is 2. The number of carbonyl (C=O) groups excluding carboxylic acids is 2. The van der Waals surface area contributed by atoms with E-state index in [2.05, 4.69) is 10.6 Å². The van der Waals surface area contributed by atoms with Gasteiger partial charge in [-0.25, -0.2) is 0 Å². The van der Waals surface area contributed by atoms with Crippen LogP contribution in [0.1, 0.15) is 18.4 Å². The Kier molecular flexibility index (Phi) is 7.19. The molecule has 0 radical (unpaired) electrons. The first kappa shape index (κ1) is 17.5.